The number of alkyl halides is 3. The van der Waals surface area contributed by atoms with Gasteiger partial charge in [-0.05, 0) is 42.9 Å². The topological polar surface area (TPSA) is 110 Å². The monoisotopic (exact) mass is 543 g/mol. The molecule has 0 atom stereocenters. The second-order valence-corrected chi connectivity index (χ2v) is 9.97. The van der Waals surface area contributed by atoms with Gasteiger partial charge in [0.15, 0.2) is 0 Å². The molecule has 0 saturated carbocycles. The van der Waals surface area contributed by atoms with E-state index >= 15 is 0 Å². The summed E-state index contributed by atoms with van der Waals surface area (Å²) < 4.78 is 80.1. The molecule has 1 fully saturated rings. The van der Waals surface area contributed by atoms with E-state index in [9.17, 15) is 26.0 Å². The van der Waals surface area contributed by atoms with Crippen molar-refractivity contribution in [3.8, 4) is 17.0 Å². The molecule has 13 heteroatoms. The van der Waals surface area contributed by atoms with Gasteiger partial charge in [-0.25, -0.2) is 21.6 Å². The van der Waals surface area contributed by atoms with Gasteiger partial charge in [-0.2, -0.15) is 13.2 Å². The van der Waals surface area contributed by atoms with Crippen LogP contribution in [0.5, 0.6) is 5.75 Å². The minimum Gasteiger partial charge on any atom is -0.493 e. The molecule has 1 saturated heterocycles. The maximum atomic E-state index is 14.5. The van der Waals surface area contributed by atoms with E-state index in [0.717, 1.165) is 22.6 Å². The zero-order valence-electron chi connectivity index (χ0n) is 19.6. The average Bonchev–Trinajstić information content (AvgIpc) is 3.23. The first-order valence-corrected chi connectivity index (χ1v) is 12.5. The number of carboxylic acids is 1. The minimum absolute atomic E-state index is 0.0935. The number of hydrogen-bond donors (Lipinski definition) is 3. The van der Waals surface area contributed by atoms with Gasteiger partial charge in [0, 0.05) is 43.4 Å². The molecule has 1 aliphatic rings. The zero-order chi connectivity index (χ0) is 27.2. The van der Waals surface area contributed by atoms with Crippen molar-refractivity contribution in [1.29, 1.82) is 0 Å². The predicted molar refractivity (Wildman–Crippen MR) is 127 cm³/mol. The van der Waals surface area contributed by atoms with Crippen LogP contribution < -0.4 is 15.4 Å². The summed E-state index contributed by atoms with van der Waals surface area (Å²) in [7, 11) is -2.18. The third kappa shape index (κ3) is 7.08. The van der Waals surface area contributed by atoms with Crippen molar-refractivity contribution < 1.29 is 40.6 Å². The zero-order valence-corrected chi connectivity index (χ0v) is 20.4. The Hall–Kier alpha value is -3.42. The van der Waals surface area contributed by atoms with Gasteiger partial charge < -0.3 is 20.5 Å². The van der Waals surface area contributed by atoms with Gasteiger partial charge in [0.25, 0.3) is 10.0 Å². The fraction of sp³-hybridized carbons (Fsp3) is 0.292. The van der Waals surface area contributed by atoms with Crippen molar-refractivity contribution in [1.82, 2.24) is 14.6 Å². The van der Waals surface area contributed by atoms with Crippen molar-refractivity contribution in [3.63, 3.8) is 0 Å². The first kappa shape index (κ1) is 28.2. The number of rotatable bonds is 8. The van der Waals surface area contributed by atoms with E-state index in [-0.39, 0.29) is 16.2 Å². The largest absolute Gasteiger partial charge is 0.493 e. The number of nitrogens with one attached hydrogen (secondary N) is 2. The Morgan fingerprint density at radius 2 is 1.84 bits per heavy atom. The highest BCUT2D eigenvalue weighted by Crippen LogP contribution is 2.30. The molecule has 1 aliphatic heterocycles. The number of halogens is 4. The lowest BCUT2D eigenvalue weighted by Crippen LogP contribution is -2.45. The van der Waals surface area contributed by atoms with E-state index in [0.29, 0.717) is 24.8 Å². The van der Waals surface area contributed by atoms with Crippen LogP contribution in [0.2, 0.25) is 0 Å². The molecule has 0 aliphatic carbocycles. The summed E-state index contributed by atoms with van der Waals surface area (Å²) in [5, 5.41) is 13.3. The molecule has 0 bridgehead atoms. The summed E-state index contributed by atoms with van der Waals surface area (Å²) in [6, 6.07) is 14.3. The van der Waals surface area contributed by atoms with Crippen LogP contribution in [0.4, 0.5) is 17.6 Å². The van der Waals surface area contributed by atoms with Gasteiger partial charge in [-0.3, -0.25) is 0 Å². The van der Waals surface area contributed by atoms with Crippen molar-refractivity contribution in [2.75, 3.05) is 26.7 Å². The van der Waals surface area contributed by atoms with Gasteiger partial charge >= 0.3 is 12.1 Å². The molecule has 8 nitrogen and oxygen atoms in total. The van der Waals surface area contributed by atoms with Crippen LogP contribution in [0.25, 0.3) is 11.3 Å². The summed E-state index contributed by atoms with van der Waals surface area (Å²) in [6.45, 7) is 2.80. The summed E-state index contributed by atoms with van der Waals surface area (Å²) in [6.07, 6.45) is -3.55. The van der Waals surface area contributed by atoms with Crippen molar-refractivity contribution >= 4 is 16.0 Å². The molecule has 2 aromatic carbocycles. The van der Waals surface area contributed by atoms with Crippen LogP contribution in [-0.2, 0) is 21.4 Å². The van der Waals surface area contributed by atoms with Crippen LogP contribution >= 0.6 is 0 Å². The van der Waals surface area contributed by atoms with Crippen molar-refractivity contribution in [3.05, 3.63) is 72.2 Å². The summed E-state index contributed by atoms with van der Waals surface area (Å²) in [5.41, 5.74) is 1.25. The molecule has 0 spiro atoms. The van der Waals surface area contributed by atoms with Gasteiger partial charge in [-0.1, -0.05) is 18.2 Å². The summed E-state index contributed by atoms with van der Waals surface area (Å²) in [4.78, 5) is 8.99. The minimum atomic E-state index is -5.08. The normalized spacial score (nSPS) is 13.9. The number of carboxylic acid groups (broad SMARTS) is 1. The van der Waals surface area contributed by atoms with Crippen molar-refractivity contribution in [2.24, 2.45) is 5.92 Å². The maximum Gasteiger partial charge on any atom is 0.490 e. The molecule has 37 heavy (non-hydrogen) atoms. The molecule has 0 radical (unpaired) electrons. The SMILES string of the molecule is CNCc1cc(-c2ccccc2F)n(S(=O)(=O)c2cccc(OCC3CNC3)c2)c1.O=C(O)C(F)(F)F. The maximum absolute atomic E-state index is 14.5. The van der Waals surface area contributed by atoms with E-state index in [1.54, 1.807) is 43.4 Å². The molecule has 1 aromatic heterocycles. The van der Waals surface area contributed by atoms with Crippen LogP contribution in [0.15, 0.2) is 65.7 Å². The lowest BCUT2D eigenvalue weighted by molar-refractivity contribution is -0.192. The number of nitrogens with zero attached hydrogens (tertiary/aromatic N) is 1. The number of aliphatic carboxylic acids is 1. The Kier molecular flexibility index (Phi) is 8.94. The first-order chi connectivity index (χ1) is 17.4. The third-order valence-corrected chi connectivity index (χ3v) is 7.00. The van der Waals surface area contributed by atoms with Crippen LogP contribution in [0.1, 0.15) is 5.56 Å². The Morgan fingerprint density at radius 3 is 2.41 bits per heavy atom. The third-order valence-electron chi connectivity index (χ3n) is 5.33. The molecule has 0 amide bonds. The van der Waals surface area contributed by atoms with E-state index in [2.05, 4.69) is 10.6 Å². The Labute approximate surface area is 210 Å². The highest BCUT2D eigenvalue weighted by Gasteiger charge is 2.38. The van der Waals surface area contributed by atoms with Crippen LogP contribution in [-0.4, -0.2) is 56.4 Å². The second kappa shape index (κ2) is 11.8. The van der Waals surface area contributed by atoms with Crippen LogP contribution in [0, 0.1) is 11.7 Å². The standard InChI is InChI=1S/C22H24FN3O3S.C2HF3O2/c1-24-11-16-9-22(20-7-2-3-8-21(20)23)26(14-16)30(27,28)19-6-4-5-18(10-19)29-15-17-12-25-13-17;3-2(4,5)1(6)7/h2-10,14,17,24-25H,11-13,15H2,1H3;(H,6,7). The van der Waals surface area contributed by atoms with Gasteiger partial charge in [0.05, 0.1) is 17.2 Å². The summed E-state index contributed by atoms with van der Waals surface area (Å²) in [5.74, 6) is -2.30. The molecule has 0 unspecified atom stereocenters. The number of aromatic nitrogens is 1. The highest BCUT2D eigenvalue weighted by atomic mass is 32.2. The van der Waals surface area contributed by atoms with E-state index in [4.69, 9.17) is 14.6 Å². The lowest BCUT2D eigenvalue weighted by Gasteiger charge is -2.26. The van der Waals surface area contributed by atoms with Crippen molar-refractivity contribution in [2.45, 2.75) is 17.6 Å². The number of carbonyl (C=O) groups is 1. The average molecular weight is 544 g/mol. The van der Waals surface area contributed by atoms with E-state index in [1.165, 1.54) is 24.4 Å². The molecule has 2 heterocycles. The fourth-order valence-corrected chi connectivity index (χ4v) is 4.81. The first-order valence-electron chi connectivity index (χ1n) is 11.0. The van der Waals surface area contributed by atoms with E-state index in [1.807, 2.05) is 0 Å². The Morgan fingerprint density at radius 1 is 1.16 bits per heavy atom. The molecule has 3 N–H and O–H groups in total. The molecular formula is C24H25F4N3O5S. The Balaban J connectivity index is 0.000000479. The lowest BCUT2D eigenvalue weighted by atomic mass is 10.1. The smallest absolute Gasteiger partial charge is 0.490 e. The van der Waals surface area contributed by atoms with Gasteiger partial charge in [0.1, 0.15) is 11.6 Å². The molecule has 3 aromatic rings. The van der Waals surface area contributed by atoms with Gasteiger partial charge in [0.2, 0.25) is 0 Å². The quantitative estimate of drug-likeness (QED) is 0.373. The van der Waals surface area contributed by atoms with Crippen LogP contribution in [0.3, 0.4) is 0 Å². The fourth-order valence-electron chi connectivity index (χ4n) is 3.38. The number of benzene rings is 2. The van der Waals surface area contributed by atoms with Gasteiger partial charge in [-0.15, -0.1) is 0 Å². The van der Waals surface area contributed by atoms with E-state index < -0.39 is 28.0 Å². The second-order valence-electron chi connectivity index (χ2n) is 8.16. The highest BCUT2D eigenvalue weighted by molar-refractivity contribution is 7.90. The number of ether oxygens (including phenoxy) is 1. The predicted octanol–water partition coefficient (Wildman–Crippen LogP) is 3.48. The molecule has 200 valence electrons. The molecule has 4 rings (SSSR count). The Bertz CT molecular complexity index is 1340. The summed E-state index contributed by atoms with van der Waals surface area (Å²) >= 11 is 0. The molecular weight excluding hydrogens is 518 g/mol. The number of hydrogen-bond acceptors (Lipinski definition) is 6.